The number of aryl methyl sites for hydroxylation is 1. The average molecular weight is 788 g/mol. The third-order valence-corrected chi connectivity index (χ3v) is 13.4. The number of rotatable bonds is 10. The Morgan fingerprint density at radius 2 is 1.60 bits per heavy atom. The molecule has 2 amide bonds. The Labute approximate surface area is 340 Å². The first-order valence-corrected chi connectivity index (χ1v) is 21.2. The highest BCUT2D eigenvalue weighted by Crippen LogP contribution is 2.54. The van der Waals surface area contributed by atoms with Gasteiger partial charge in [0.1, 0.15) is 17.4 Å². The number of aromatic amines is 2. The van der Waals surface area contributed by atoms with Gasteiger partial charge < -0.3 is 40.0 Å². The molecule has 5 N–H and O–H groups in total. The van der Waals surface area contributed by atoms with Gasteiger partial charge in [-0.25, -0.2) is 14.8 Å². The van der Waals surface area contributed by atoms with Gasteiger partial charge in [0.25, 0.3) is 0 Å². The maximum atomic E-state index is 13.2. The molecule has 306 valence electrons. The lowest BCUT2D eigenvalue weighted by Gasteiger charge is -2.47. The molecule has 3 aliphatic heterocycles. The maximum Gasteiger partial charge on any atom is 0.407 e. The van der Waals surface area contributed by atoms with Gasteiger partial charge in [0.05, 0.1) is 60.2 Å². The van der Waals surface area contributed by atoms with E-state index >= 15 is 0 Å². The minimum absolute atomic E-state index is 0.00527. The van der Waals surface area contributed by atoms with E-state index in [4.69, 9.17) is 25.2 Å². The smallest absolute Gasteiger partial charge is 0.407 e. The van der Waals surface area contributed by atoms with Crippen LogP contribution in [-0.2, 0) is 15.3 Å². The summed E-state index contributed by atoms with van der Waals surface area (Å²) in [5, 5.41) is 4.23. The fraction of sp³-hybridized carbons (Fsp3) is 0.511. The second-order valence-electron chi connectivity index (χ2n) is 17.6. The summed E-state index contributed by atoms with van der Waals surface area (Å²) < 4.78 is 14.4. The lowest BCUT2D eigenvalue weighted by molar-refractivity contribution is -0.134. The summed E-state index contributed by atoms with van der Waals surface area (Å²) in [5.74, 6) is 2.98. The zero-order chi connectivity index (χ0) is 40.5. The predicted octanol–water partition coefficient (Wildman–Crippen LogP) is 7.79. The van der Waals surface area contributed by atoms with E-state index in [0.717, 1.165) is 104 Å². The van der Waals surface area contributed by atoms with Crippen LogP contribution in [0.15, 0.2) is 48.8 Å². The molecule has 13 nitrogen and oxygen atoms in total. The van der Waals surface area contributed by atoms with Gasteiger partial charge in [-0.15, -0.1) is 0 Å². The number of alkyl carbamates (subject to hydrolysis) is 1. The van der Waals surface area contributed by atoms with Gasteiger partial charge in [0, 0.05) is 54.0 Å². The predicted molar refractivity (Wildman–Crippen MR) is 224 cm³/mol. The van der Waals surface area contributed by atoms with E-state index in [0.29, 0.717) is 6.54 Å². The Kier molecular flexibility index (Phi) is 9.87. The number of fused-ring (bicyclic) bond motifs is 6. The number of ether oxygens (including phenoxy) is 2. The van der Waals surface area contributed by atoms with Crippen molar-refractivity contribution in [3.63, 3.8) is 0 Å². The first-order valence-electron chi connectivity index (χ1n) is 21.2. The molecule has 13 heteroatoms. The Balaban J connectivity index is 0.996. The van der Waals surface area contributed by atoms with Gasteiger partial charge in [-0.05, 0) is 87.2 Å². The Morgan fingerprint density at radius 1 is 0.931 bits per heavy atom. The van der Waals surface area contributed by atoms with Crippen LogP contribution in [-0.4, -0.2) is 85.1 Å². The summed E-state index contributed by atoms with van der Waals surface area (Å²) in [7, 11) is 1.41. The van der Waals surface area contributed by atoms with E-state index in [1.54, 1.807) is 0 Å². The van der Waals surface area contributed by atoms with Crippen LogP contribution in [0.5, 0.6) is 5.75 Å². The lowest BCUT2D eigenvalue weighted by Crippen LogP contribution is -2.48. The highest BCUT2D eigenvalue weighted by atomic mass is 16.5. The van der Waals surface area contributed by atoms with E-state index in [-0.39, 0.29) is 35.9 Å². The molecule has 1 aliphatic carbocycles. The topological polar surface area (TPSA) is 159 Å². The standard InChI is InChI=1S/C45H57N9O4/c1-25(2)34(51-44(56)57-6)24-52-18-7-10-36(52)41-47-22-32(49-41)28-13-15-35-31(20-28)27(5)40-30-14-12-29(21-38(30)58-45(54(35)40)16-9-17-45)33-23-48-42(50-33)37-11-8-19-53(37)43(55)39(46)26(3)4/h12-15,20-23,25-26,34,36-37,39H,7-11,16-19,24,46H2,1-6H3,(H,47,49)(H,48,50)(H,51,56). The SMILES string of the molecule is COC(=O)NC(CN1CCCC1c1ncc(-c2ccc3c(c2)c(C)c2n3C3(CCC3)Oc3cc(-c4cnc(C5CCCN5C(=O)C(N)C(C)C)[nH]4)ccc3-2)[nH]1)C(C)C. The van der Waals surface area contributed by atoms with Crippen LogP contribution in [0.2, 0.25) is 0 Å². The number of H-pyrrole nitrogens is 2. The molecule has 1 saturated carbocycles. The van der Waals surface area contributed by atoms with E-state index in [2.05, 4.69) is 81.9 Å². The monoisotopic (exact) mass is 787 g/mol. The van der Waals surface area contributed by atoms with E-state index in [9.17, 15) is 9.59 Å². The molecule has 0 bridgehead atoms. The van der Waals surface area contributed by atoms with Crippen LogP contribution < -0.4 is 15.8 Å². The molecule has 2 aromatic carbocycles. The van der Waals surface area contributed by atoms with Crippen molar-refractivity contribution in [2.75, 3.05) is 26.7 Å². The van der Waals surface area contributed by atoms with E-state index < -0.39 is 17.9 Å². The number of likely N-dealkylation sites (tertiary alicyclic amines) is 2. The molecular formula is C45H57N9O4. The number of amides is 2. The molecule has 58 heavy (non-hydrogen) atoms. The number of methoxy groups -OCH3 is 1. The maximum absolute atomic E-state index is 13.2. The number of benzene rings is 2. The van der Waals surface area contributed by atoms with Crippen LogP contribution >= 0.6 is 0 Å². The van der Waals surface area contributed by atoms with Crippen LogP contribution in [0, 0.1) is 18.8 Å². The van der Waals surface area contributed by atoms with Crippen molar-refractivity contribution in [2.24, 2.45) is 17.6 Å². The van der Waals surface area contributed by atoms with Crippen molar-refractivity contribution in [2.45, 2.75) is 109 Å². The third kappa shape index (κ3) is 6.46. The summed E-state index contributed by atoms with van der Waals surface area (Å²) in [6, 6.07) is 12.7. The molecule has 3 fully saturated rings. The number of nitrogens with one attached hydrogen (secondary N) is 3. The van der Waals surface area contributed by atoms with Crippen LogP contribution in [0.25, 0.3) is 44.7 Å². The molecule has 1 spiro atoms. The molecule has 2 saturated heterocycles. The van der Waals surface area contributed by atoms with Crippen molar-refractivity contribution >= 4 is 22.9 Å². The Hall–Kier alpha value is -5.14. The number of nitrogens with zero attached hydrogens (tertiary/aromatic N) is 5. The second-order valence-corrected chi connectivity index (χ2v) is 17.6. The molecule has 0 radical (unpaired) electrons. The normalized spacial score (nSPS) is 20.9. The largest absolute Gasteiger partial charge is 0.467 e. The minimum atomic E-state index is -0.517. The van der Waals surface area contributed by atoms with Crippen molar-refractivity contribution in [1.82, 2.24) is 39.6 Å². The highest BCUT2D eigenvalue weighted by Gasteiger charge is 2.47. The van der Waals surface area contributed by atoms with Crippen molar-refractivity contribution in [3.8, 4) is 39.5 Å². The molecule has 9 rings (SSSR count). The highest BCUT2D eigenvalue weighted by molar-refractivity contribution is 5.96. The number of hydrogen-bond acceptors (Lipinski definition) is 8. The minimum Gasteiger partial charge on any atom is -0.467 e. The van der Waals surface area contributed by atoms with Gasteiger partial charge in [0.15, 0.2) is 5.72 Å². The van der Waals surface area contributed by atoms with E-state index in [1.165, 1.54) is 29.3 Å². The molecule has 4 aliphatic rings. The molecule has 5 aromatic rings. The lowest BCUT2D eigenvalue weighted by atomic mass is 9.85. The number of nitrogens with two attached hydrogens (primary N) is 1. The second kappa shape index (κ2) is 14.9. The van der Waals surface area contributed by atoms with Gasteiger partial charge in [0.2, 0.25) is 5.91 Å². The van der Waals surface area contributed by atoms with Crippen molar-refractivity contribution in [3.05, 3.63) is 66.0 Å². The van der Waals surface area contributed by atoms with Crippen molar-refractivity contribution in [1.29, 1.82) is 0 Å². The fourth-order valence-electron chi connectivity index (χ4n) is 9.72. The molecule has 4 atom stereocenters. The molecular weight excluding hydrogens is 731 g/mol. The summed E-state index contributed by atoms with van der Waals surface area (Å²) >= 11 is 0. The first kappa shape index (κ1) is 38.4. The van der Waals surface area contributed by atoms with Gasteiger partial charge in [-0.1, -0.05) is 39.8 Å². The number of aromatic nitrogens is 5. The first-order chi connectivity index (χ1) is 28.0. The number of imidazole rings is 2. The quantitative estimate of drug-likeness (QED) is 0.112. The summed E-state index contributed by atoms with van der Waals surface area (Å²) in [6.45, 7) is 12.9. The molecule has 6 heterocycles. The molecule has 4 unspecified atom stereocenters. The van der Waals surface area contributed by atoms with Crippen LogP contribution in [0.4, 0.5) is 4.79 Å². The van der Waals surface area contributed by atoms with Gasteiger partial charge in [-0.3, -0.25) is 9.69 Å². The number of hydrogen-bond donors (Lipinski definition) is 4. The zero-order valence-electron chi connectivity index (χ0n) is 34.6. The average Bonchev–Trinajstić information content (AvgIpc) is 4.06. The van der Waals surface area contributed by atoms with Crippen LogP contribution in [0.3, 0.4) is 0 Å². The number of carbonyl (C=O) groups is 2. The fourth-order valence-corrected chi connectivity index (χ4v) is 9.72. The van der Waals surface area contributed by atoms with Gasteiger partial charge in [-0.2, -0.15) is 0 Å². The Bertz CT molecular complexity index is 2350. The number of carbonyl (C=O) groups excluding carboxylic acids is 2. The Morgan fingerprint density at radius 3 is 2.28 bits per heavy atom. The third-order valence-electron chi connectivity index (χ3n) is 13.4. The van der Waals surface area contributed by atoms with Crippen LogP contribution in [0.1, 0.15) is 102 Å². The zero-order valence-corrected chi connectivity index (χ0v) is 34.6. The van der Waals surface area contributed by atoms with Crippen molar-refractivity contribution < 1.29 is 19.1 Å². The summed E-state index contributed by atoms with van der Waals surface area (Å²) in [6.07, 6.45) is 10.3. The summed E-state index contributed by atoms with van der Waals surface area (Å²) in [5.41, 5.74) is 14.5. The molecule has 3 aromatic heterocycles. The van der Waals surface area contributed by atoms with Gasteiger partial charge >= 0.3 is 6.09 Å². The van der Waals surface area contributed by atoms with E-state index in [1.807, 2.05) is 31.1 Å². The summed E-state index contributed by atoms with van der Waals surface area (Å²) in [4.78, 5) is 46.6.